The van der Waals surface area contributed by atoms with Gasteiger partial charge in [-0.05, 0) is 49.2 Å². The molecule has 2 nitrogen and oxygen atoms in total. The lowest BCUT2D eigenvalue weighted by atomic mass is 10.1. The second-order valence-electron chi connectivity index (χ2n) is 4.93. The average molecular weight is 308 g/mol. The smallest absolute Gasteiger partial charge is 0.184 e. The highest BCUT2D eigenvalue weighted by Crippen LogP contribution is 2.31. The van der Waals surface area contributed by atoms with E-state index in [-0.39, 0.29) is 10.8 Å². The van der Waals surface area contributed by atoms with Crippen LogP contribution in [0.1, 0.15) is 24.5 Å². The minimum atomic E-state index is -0.534. The molecule has 0 amide bonds. The number of benzene rings is 2. The van der Waals surface area contributed by atoms with E-state index >= 15 is 0 Å². The molecule has 0 aliphatic carbocycles. The highest BCUT2D eigenvalue weighted by molar-refractivity contribution is 6.30. The molecule has 0 fully saturated rings. The highest BCUT2D eigenvalue weighted by atomic mass is 35.5. The normalized spacial score (nSPS) is 10.7. The van der Waals surface area contributed by atoms with Crippen LogP contribution >= 0.6 is 11.6 Å². The van der Waals surface area contributed by atoms with E-state index in [4.69, 9.17) is 16.3 Å². The molecule has 0 unspecified atom stereocenters. The summed E-state index contributed by atoms with van der Waals surface area (Å²) < 4.78 is 19.6. The predicted molar refractivity (Wildman–Crippen MR) is 84.7 cm³/mol. The van der Waals surface area contributed by atoms with Crippen LogP contribution in [0.15, 0.2) is 36.4 Å². The second-order valence-corrected chi connectivity index (χ2v) is 5.34. The van der Waals surface area contributed by atoms with Crippen molar-refractivity contribution < 1.29 is 9.13 Å². The maximum atomic E-state index is 13.9. The van der Waals surface area contributed by atoms with Gasteiger partial charge in [0.1, 0.15) is 5.75 Å². The molecule has 0 spiro atoms. The summed E-state index contributed by atoms with van der Waals surface area (Å²) in [5, 5.41) is 3.39. The molecule has 2 aromatic carbocycles. The lowest BCUT2D eigenvalue weighted by Crippen LogP contribution is -2.13. The first-order valence-corrected chi connectivity index (χ1v) is 7.41. The lowest BCUT2D eigenvalue weighted by molar-refractivity contribution is 0.439. The number of hydrogen-bond acceptors (Lipinski definition) is 2. The molecular weight excluding hydrogens is 289 g/mol. The van der Waals surface area contributed by atoms with Gasteiger partial charge in [0.05, 0.1) is 5.02 Å². The van der Waals surface area contributed by atoms with Crippen molar-refractivity contribution in [2.75, 3.05) is 6.54 Å². The average Bonchev–Trinajstić information content (AvgIpc) is 2.47. The minimum Gasteiger partial charge on any atom is -0.454 e. The Hall–Kier alpha value is -1.58. The van der Waals surface area contributed by atoms with Crippen molar-refractivity contribution in [1.29, 1.82) is 0 Å². The molecule has 0 saturated heterocycles. The Labute approximate surface area is 129 Å². The summed E-state index contributed by atoms with van der Waals surface area (Å²) in [6, 6.07) is 10.7. The first kappa shape index (κ1) is 15.8. The first-order valence-electron chi connectivity index (χ1n) is 7.04. The lowest BCUT2D eigenvalue weighted by Gasteiger charge is -2.12. The molecule has 0 aliphatic heterocycles. The van der Waals surface area contributed by atoms with Crippen LogP contribution in [0.4, 0.5) is 4.39 Å². The molecule has 0 atom stereocenters. The van der Waals surface area contributed by atoms with Gasteiger partial charge in [-0.15, -0.1) is 0 Å². The fourth-order valence-corrected chi connectivity index (χ4v) is 2.12. The van der Waals surface area contributed by atoms with Crippen molar-refractivity contribution in [3.8, 4) is 11.5 Å². The standard InChI is InChI=1S/C17H19ClFNO/c1-3-9-20-11-13-8-7-12(2)16(10-13)21-15-6-4-5-14(18)17(15)19/h4-8,10,20H,3,9,11H2,1-2H3. The molecule has 112 valence electrons. The van der Waals surface area contributed by atoms with Crippen LogP contribution in [-0.2, 0) is 6.54 Å². The molecule has 0 saturated carbocycles. The zero-order chi connectivity index (χ0) is 15.2. The van der Waals surface area contributed by atoms with Crippen LogP contribution in [0.2, 0.25) is 5.02 Å². The van der Waals surface area contributed by atoms with Gasteiger partial charge in [-0.2, -0.15) is 0 Å². The van der Waals surface area contributed by atoms with Crippen molar-refractivity contribution in [2.24, 2.45) is 0 Å². The van der Waals surface area contributed by atoms with E-state index in [0.29, 0.717) is 5.75 Å². The number of ether oxygens (including phenoxy) is 1. The van der Waals surface area contributed by atoms with Gasteiger partial charge < -0.3 is 10.1 Å². The fraction of sp³-hybridized carbons (Fsp3) is 0.294. The van der Waals surface area contributed by atoms with Gasteiger partial charge in [0, 0.05) is 6.54 Å². The van der Waals surface area contributed by atoms with Crippen LogP contribution in [-0.4, -0.2) is 6.54 Å². The Morgan fingerprint density at radius 1 is 1.19 bits per heavy atom. The van der Waals surface area contributed by atoms with Crippen LogP contribution in [0.3, 0.4) is 0 Å². The van der Waals surface area contributed by atoms with E-state index in [0.717, 1.165) is 30.6 Å². The summed E-state index contributed by atoms with van der Waals surface area (Å²) >= 11 is 5.77. The van der Waals surface area contributed by atoms with Crippen molar-refractivity contribution in [3.05, 3.63) is 58.4 Å². The quantitative estimate of drug-likeness (QED) is 0.751. The molecule has 0 radical (unpaired) electrons. The molecule has 0 aliphatic rings. The molecule has 21 heavy (non-hydrogen) atoms. The Morgan fingerprint density at radius 2 is 2.00 bits per heavy atom. The van der Waals surface area contributed by atoms with E-state index in [9.17, 15) is 4.39 Å². The minimum absolute atomic E-state index is 0.0610. The van der Waals surface area contributed by atoms with Crippen molar-refractivity contribution in [2.45, 2.75) is 26.8 Å². The number of nitrogens with one attached hydrogen (secondary N) is 1. The number of hydrogen-bond donors (Lipinski definition) is 1. The first-order chi connectivity index (χ1) is 10.1. The number of rotatable bonds is 6. The Balaban J connectivity index is 2.18. The predicted octanol–water partition coefficient (Wildman–Crippen LogP) is 5.08. The highest BCUT2D eigenvalue weighted by Gasteiger charge is 2.10. The van der Waals surface area contributed by atoms with Gasteiger partial charge in [0.15, 0.2) is 11.6 Å². The third kappa shape index (κ3) is 4.19. The third-order valence-electron chi connectivity index (χ3n) is 3.14. The van der Waals surface area contributed by atoms with E-state index in [2.05, 4.69) is 12.2 Å². The van der Waals surface area contributed by atoms with Crippen LogP contribution in [0.5, 0.6) is 11.5 Å². The van der Waals surface area contributed by atoms with Crippen LogP contribution < -0.4 is 10.1 Å². The van der Waals surface area contributed by atoms with Gasteiger partial charge in [-0.1, -0.05) is 36.7 Å². The SMILES string of the molecule is CCCNCc1ccc(C)c(Oc2cccc(Cl)c2F)c1. The summed E-state index contributed by atoms with van der Waals surface area (Å²) in [7, 11) is 0. The van der Waals surface area contributed by atoms with Gasteiger partial charge in [0.2, 0.25) is 0 Å². The van der Waals surface area contributed by atoms with E-state index in [1.165, 1.54) is 6.07 Å². The Kier molecular flexibility index (Phi) is 5.59. The number of halogens is 2. The zero-order valence-electron chi connectivity index (χ0n) is 12.2. The summed E-state index contributed by atoms with van der Waals surface area (Å²) in [5.74, 6) is 0.254. The van der Waals surface area contributed by atoms with E-state index in [1.807, 2.05) is 25.1 Å². The molecule has 4 heteroatoms. The maximum Gasteiger partial charge on any atom is 0.184 e. The summed E-state index contributed by atoms with van der Waals surface area (Å²) in [5.41, 5.74) is 2.06. The Bertz CT molecular complexity index is 616. The van der Waals surface area contributed by atoms with E-state index in [1.54, 1.807) is 12.1 Å². The second kappa shape index (κ2) is 7.43. The summed E-state index contributed by atoms with van der Waals surface area (Å²) in [6.07, 6.45) is 1.09. The topological polar surface area (TPSA) is 21.3 Å². The molecule has 2 rings (SSSR count). The largest absolute Gasteiger partial charge is 0.454 e. The van der Waals surface area contributed by atoms with Crippen molar-refractivity contribution >= 4 is 11.6 Å². The van der Waals surface area contributed by atoms with Gasteiger partial charge in [0.25, 0.3) is 0 Å². The molecule has 2 aromatic rings. The Morgan fingerprint density at radius 3 is 2.76 bits per heavy atom. The third-order valence-corrected chi connectivity index (χ3v) is 3.44. The van der Waals surface area contributed by atoms with Crippen molar-refractivity contribution in [1.82, 2.24) is 5.32 Å². The molecule has 0 aromatic heterocycles. The maximum absolute atomic E-state index is 13.9. The molecule has 1 N–H and O–H groups in total. The van der Waals surface area contributed by atoms with Gasteiger partial charge >= 0.3 is 0 Å². The van der Waals surface area contributed by atoms with Crippen LogP contribution in [0, 0.1) is 12.7 Å². The summed E-state index contributed by atoms with van der Waals surface area (Å²) in [6.45, 7) is 5.79. The molecule has 0 heterocycles. The molecule has 0 bridgehead atoms. The fourth-order valence-electron chi connectivity index (χ4n) is 1.96. The van der Waals surface area contributed by atoms with Crippen molar-refractivity contribution in [3.63, 3.8) is 0 Å². The summed E-state index contributed by atoms with van der Waals surface area (Å²) in [4.78, 5) is 0. The number of aryl methyl sites for hydroxylation is 1. The molecular formula is C17H19ClFNO. The van der Waals surface area contributed by atoms with Gasteiger partial charge in [-0.3, -0.25) is 0 Å². The van der Waals surface area contributed by atoms with E-state index < -0.39 is 5.82 Å². The van der Waals surface area contributed by atoms with Crippen LogP contribution in [0.25, 0.3) is 0 Å². The monoisotopic (exact) mass is 307 g/mol. The zero-order valence-corrected chi connectivity index (χ0v) is 13.0. The van der Waals surface area contributed by atoms with Gasteiger partial charge in [-0.25, -0.2) is 4.39 Å².